The highest BCUT2D eigenvalue weighted by Gasteiger charge is 2.26. The second-order valence-electron chi connectivity index (χ2n) is 6.05. The number of nitrogens with one attached hydrogen (secondary N) is 1. The predicted molar refractivity (Wildman–Crippen MR) is 101 cm³/mol. The molecule has 0 bridgehead atoms. The summed E-state index contributed by atoms with van der Waals surface area (Å²) in [6, 6.07) is 4.77. The lowest BCUT2D eigenvalue weighted by atomic mass is 9.92. The van der Waals surface area contributed by atoms with Gasteiger partial charge in [-0.3, -0.25) is 9.59 Å². The predicted octanol–water partition coefficient (Wildman–Crippen LogP) is 3.25. The average Bonchev–Trinajstić information content (AvgIpc) is 2.61. The van der Waals surface area contributed by atoms with Gasteiger partial charge >= 0.3 is 0 Å². The maximum absolute atomic E-state index is 12.6. The molecule has 2 atom stereocenters. The second kappa shape index (κ2) is 8.50. The molecule has 0 radical (unpaired) electrons. The molecule has 1 fully saturated rings. The third kappa shape index (κ3) is 4.05. The minimum Gasteiger partial charge on any atom is -0.391 e. The molecule has 1 saturated carbocycles. The fraction of sp³-hybridized carbons (Fsp3) is 0.474. The number of aryl methyl sites for hydroxylation is 1. The van der Waals surface area contributed by atoms with E-state index in [9.17, 15) is 14.7 Å². The van der Waals surface area contributed by atoms with E-state index >= 15 is 0 Å². The first-order valence-corrected chi connectivity index (χ1v) is 9.13. The van der Waals surface area contributed by atoms with Crippen LogP contribution < -0.4 is 10.7 Å². The van der Waals surface area contributed by atoms with Crippen LogP contribution in [0.1, 0.15) is 49.9 Å². The van der Waals surface area contributed by atoms with Crippen LogP contribution in [-0.2, 0) is 7.05 Å². The number of pyridine rings is 1. The van der Waals surface area contributed by atoms with Gasteiger partial charge in [-0.15, -0.1) is 0 Å². The number of para-hydroxylation sites is 1. The first kappa shape index (κ1) is 19.5. The van der Waals surface area contributed by atoms with Crippen molar-refractivity contribution < 1.29 is 9.90 Å². The zero-order valence-electron chi connectivity index (χ0n) is 14.9. The number of nitrogens with zero attached hydrogens (tertiary/aromatic N) is 1. The summed E-state index contributed by atoms with van der Waals surface area (Å²) in [7, 11) is 1.75. The highest BCUT2D eigenvalue weighted by Crippen LogP contribution is 2.22. The Hall–Kier alpha value is -1.85. The Morgan fingerprint density at radius 1 is 1.28 bits per heavy atom. The van der Waals surface area contributed by atoms with E-state index in [1.807, 2.05) is 13.8 Å². The molecule has 1 amide bonds. The minimum atomic E-state index is -0.550. The van der Waals surface area contributed by atoms with E-state index in [-0.39, 0.29) is 17.0 Å². The standard InChI is InChI=1S/C17H19ClN2O3.C2H6/c1-20-9-11(16(22)10-5-4-6-12(18)15(10)20)17(23)19-13-7-2-3-8-14(13)21;1-2/h4-6,9,13-14,21H,2-3,7-8H2,1H3,(H,19,23);1-2H3/t13?,14-;/m0./s1. The van der Waals surface area contributed by atoms with Crippen LogP contribution in [0.5, 0.6) is 0 Å². The Bertz CT molecular complexity index is 816. The van der Waals surface area contributed by atoms with Gasteiger partial charge in [0.2, 0.25) is 5.43 Å². The quantitative estimate of drug-likeness (QED) is 0.859. The molecule has 2 N–H and O–H groups in total. The van der Waals surface area contributed by atoms with Crippen molar-refractivity contribution in [1.82, 2.24) is 9.88 Å². The Morgan fingerprint density at radius 3 is 2.64 bits per heavy atom. The maximum Gasteiger partial charge on any atom is 0.257 e. The van der Waals surface area contributed by atoms with E-state index in [1.54, 1.807) is 29.8 Å². The molecular formula is C19H25ClN2O3. The van der Waals surface area contributed by atoms with Crippen molar-refractivity contribution in [2.75, 3.05) is 0 Å². The molecule has 3 rings (SSSR count). The summed E-state index contributed by atoms with van der Waals surface area (Å²) in [5, 5.41) is 13.7. The van der Waals surface area contributed by atoms with Crippen LogP contribution in [-0.4, -0.2) is 27.7 Å². The van der Waals surface area contributed by atoms with Crippen molar-refractivity contribution in [2.24, 2.45) is 7.05 Å². The number of carbonyl (C=O) groups excluding carboxylic acids is 1. The van der Waals surface area contributed by atoms with Gasteiger partial charge in [0.25, 0.3) is 5.91 Å². The molecule has 0 saturated heterocycles. The van der Waals surface area contributed by atoms with Crippen LogP contribution in [0.25, 0.3) is 10.9 Å². The third-order valence-electron chi connectivity index (χ3n) is 4.44. The Balaban J connectivity index is 0.00000109. The molecule has 1 aromatic heterocycles. The van der Waals surface area contributed by atoms with Crippen LogP contribution in [0.15, 0.2) is 29.2 Å². The van der Waals surface area contributed by atoms with Gasteiger partial charge in [-0.1, -0.05) is 44.4 Å². The fourth-order valence-electron chi connectivity index (χ4n) is 3.21. The van der Waals surface area contributed by atoms with Gasteiger partial charge in [0, 0.05) is 18.6 Å². The molecule has 1 aliphatic carbocycles. The van der Waals surface area contributed by atoms with E-state index in [0.29, 0.717) is 22.3 Å². The number of rotatable bonds is 2. The van der Waals surface area contributed by atoms with Gasteiger partial charge in [0.15, 0.2) is 0 Å². The number of aliphatic hydroxyl groups excluding tert-OH is 1. The zero-order chi connectivity index (χ0) is 18.6. The van der Waals surface area contributed by atoms with Gasteiger partial charge in [0.05, 0.1) is 22.7 Å². The van der Waals surface area contributed by atoms with E-state index < -0.39 is 12.0 Å². The summed E-state index contributed by atoms with van der Waals surface area (Å²) in [6.07, 6.45) is 4.28. The molecule has 2 aromatic rings. The number of aliphatic hydroxyl groups is 1. The molecule has 0 aliphatic heterocycles. The summed E-state index contributed by atoms with van der Waals surface area (Å²) in [4.78, 5) is 25.1. The number of amides is 1. The number of aromatic nitrogens is 1. The lowest BCUT2D eigenvalue weighted by Crippen LogP contribution is -2.46. The summed E-state index contributed by atoms with van der Waals surface area (Å²) >= 11 is 6.15. The monoisotopic (exact) mass is 364 g/mol. The normalized spacial score (nSPS) is 19.9. The van der Waals surface area contributed by atoms with Gasteiger partial charge in [-0.2, -0.15) is 0 Å². The third-order valence-corrected chi connectivity index (χ3v) is 4.75. The van der Waals surface area contributed by atoms with Gasteiger partial charge in [-0.05, 0) is 25.0 Å². The Kier molecular flexibility index (Phi) is 6.62. The fourth-order valence-corrected chi connectivity index (χ4v) is 3.51. The molecule has 25 heavy (non-hydrogen) atoms. The van der Waals surface area contributed by atoms with Crippen LogP contribution in [0.3, 0.4) is 0 Å². The van der Waals surface area contributed by atoms with E-state index in [2.05, 4.69) is 5.32 Å². The lowest BCUT2D eigenvalue weighted by Gasteiger charge is -2.28. The highest BCUT2D eigenvalue weighted by molar-refractivity contribution is 6.35. The highest BCUT2D eigenvalue weighted by atomic mass is 35.5. The van der Waals surface area contributed by atoms with E-state index in [0.717, 1.165) is 19.3 Å². The summed E-state index contributed by atoms with van der Waals surface area (Å²) in [5.74, 6) is -0.446. The van der Waals surface area contributed by atoms with E-state index in [4.69, 9.17) is 11.6 Å². The van der Waals surface area contributed by atoms with Crippen LogP contribution >= 0.6 is 11.6 Å². The SMILES string of the molecule is CC.Cn1cc(C(=O)NC2CCCC[C@@H]2O)c(=O)c2cccc(Cl)c21. The molecule has 1 heterocycles. The van der Waals surface area contributed by atoms with Crippen molar-refractivity contribution in [1.29, 1.82) is 0 Å². The largest absolute Gasteiger partial charge is 0.391 e. The molecule has 1 aromatic carbocycles. The van der Waals surface area contributed by atoms with Gasteiger partial charge in [0.1, 0.15) is 5.56 Å². The lowest BCUT2D eigenvalue weighted by molar-refractivity contribution is 0.0716. The van der Waals surface area contributed by atoms with E-state index in [1.165, 1.54) is 6.20 Å². The van der Waals surface area contributed by atoms with Crippen LogP contribution in [0.2, 0.25) is 5.02 Å². The molecule has 5 nitrogen and oxygen atoms in total. The summed E-state index contributed by atoms with van der Waals surface area (Å²) in [5.41, 5.74) is 0.330. The number of hydrogen-bond donors (Lipinski definition) is 2. The van der Waals surface area contributed by atoms with Crippen molar-refractivity contribution >= 4 is 28.4 Å². The molecular weight excluding hydrogens is 340 g/mol. The van der Waals surface area contributed by atoms with Crippen LogP contribution in [0.4, 0.5) is 0 Å². The van der Waals surface area contributed by atoms with Gasteiger partial charge in [-0.25, -0.2) is 0 Å². The van der Waals surface area contributed by atoms with Crippen molar-refractivity contribution in [2.45, 2.75) is 51.7 Å². The van der Waals surface area contributed by atoms with Crippen molar-refractivity contribution in [3.05, 3.63) is 45.2 Å². The number of benzene rings is 1. The van der Waals surface area contributed by atoms with Crippen LogP contribution in [0, 0.1) is 0 Å². The number of hydrogen-bond acceptors (Lipinski definition) is 3. The maximum atomic E-state index is 12.6. The smallest absolute Gasteiger partial charge is 0.257 e. The Morgan fingerprint density at radius 2 is 1.96 bits per heavy atom. The average molecular weight is 365 g/mol. The topological polar surface area (TPSA) is 71.3 Å². The number of halogens is 1. The first-order valence-electron chi connectivity index (χ1n) is 8.76. The summed E-state index contributed by atoms with van der Waals surface area (Å²) in [6.45, 7) is 4.00. The minimum absolute atomic E-state index is 0.0695. The Labute approximate surface area is 152 Å². The van der Waals surface area contributed by atoms with Crippen molar-refractivity contribution in [3.8, 4) is 0 Å². The van der Waals surface area contributed by atoms with Crippen molar-refractivity contribution in [3.63, 3.8) is 0 Å². The summed E-state index contributed by atoms with van der Waals surface area (Å²) < 4.78 is 1.69. The first-order chi connectivity index (χ1) is 12.0. The zero-order valence-corrected chi connectivity index (χ0v) is 15.6. The molecule has 136 valence electrons. The second-order valence-corrected chi connectivity index (χ2v) is 6.46. The number of fused-ring (bicyclic) bond motifs is 1. The molecule has 1 aliphatic rings. The van der Waals surface area contributed by atoms with Gasteiger partial charge < -0.3 is 15.0 Å². The molecule has 1 unspecified atom stereocenters. The number of carbonyl (C=O) groups is 1. The molecule has 6 heteroatoms. The molecule has 0 spiro atoms.